The number of hydrogen-bond donors (Lipinski definition) is 0. The summed E-state index contributed by atoms with van der Waals surface area (Å²) in [5, 5.41) is 0. The summed E-state index contributed by atoms with van der Waals surface area (Å²) in [6.45, 7) is 29.5. The van der Waals surface area contributed by atoms with E-state index in [1.54, 1.807) is 0 Å². The first-order chi connectivity index (χ1) is 18.1. The molecular weight excluding hydrogens is 492 g/mol. The van der Waals surface area contributed by atoms with Gasteiger partial charge in [-0.05, 0) is 69.7 Å². The van der Waals surface area contributed by atoms with Gasteiger partial charge < -0.3 is 9.80 Å². The number of hydrogen-bond acceptors (Lipinski definition) is 4. The molecule has 0 N–H and O–H groups in total. The van der Waals surface area contributed by atoms with E-state index in [0.29, 0.717) is 0 Å². The van der Waals surface area contributed by atoms with Gasteiger partial charge in [0.1, 0.15) is 0 Å². The highest BCUT2D eigenvalue weighted by Crippen LogP contribution is 2.63. The third-order valence-corrected chi connectivity index (χ3v) is 8.75. The van der Waals surface area contributed by atoms with E-state index in [-0.39, 0.29) is 33.2 Å². The Balaban J connectivity index is 1.90. The van der Waals surface area contributed by atoms with Crippen molar-refractivity contribution in [2.45, 2.75) is 94.4 Å². The normalized spacial score (nSPS) is 21.6. The minimum atomic E-state index is -0.683. The minimum Gasteiger partial charge on any atom is -0.311 e. The van der Waals surface area contributed by atoms with Crippen LogP contribution in [0, 0.1) is 21.7 Å². The molecule has 0 amide bonds. The Morgan fingerprint density at radius 1 is 0.550 bits per heavy atom. The van der Waals surface area contributed by atoms with E-state index in [0.717, 1.165) is 39.2 Å². The molecule has 1 fully saturated rings. The lowest BCUT2D eigenvalue weighted by atomic mass is 9.64. The summed E-state index contributed by atoms with van der Waals surface area (Å²) >= 11 is 0. The van der Waals surface area contributed by atoms with Gasteiger partial charge in [-0.3, -0.25) is 9.59 Å². The quantitative estimate of drug-likeness (QED) is 0.360. The van der Waals surface area contributed by atoms with E-state index in [1.165, 1.54) is 0 Å². The van der Waals surface area contributed by atoms with Crippen LogP contribution in [0.25, 0.3) is 6.08 Å². The summed E-state index contributed by atoms with van der Waals surface area (Å²) < 4.78 is 0. The molecule has 1 aromatic carbocycles. The first-order valence-corrected chi connectivity index (χ1v) is 14.5. The Kier molecular flexibility index (Phi) is 5.67. The van der Waals surface area contributed by atoms with Crippen molar-refractivity contribution in [3.8, 4) is 0 Å². The highest BCUT2D eigenvalue weighted by molar-refractivity contribution is 6.14. The number of allylic oxidation sites excluding steroid dienone is 4. The van der Waals surface area contributed by atoms with Crippen LogP contribution in [-0.2, 0) is 9.59 Å². The van der Waals surface area contributed by atoms with E-state index < -0.39 is 11.3 Å². The molecule has 212 valence electrons. The maximum atomic E-state index is 14.0. The number of anilines is 2. The van der Waals surface area contributed by atoms with E-state index in [4.69, 9.17) is 0 Å². The average Bonchev–Trinajstić information content (AvgIpc) is 2.77. The third kappa shape index (κ3) is 3.78. The van der Waals surface area contributed by atoms with Gasteiger partial charge in [0, 0.05) is 33.7 Å². The number of carbonyl (C=O) groups excluding carboxylic acids is 2. The monoisotopic (exact) mass is 538 g/mol. The van der Waals surface area contributed by atoms with Crippen LogP contribution in [-0.4, -0.2) is 22.9 Å². The van der Waals surface area contributed by atoms with Gasteiger partial charge >= 0.3 is 0 Å². The fourth-order valence-electron chi connectivity index (χ4n) is 6.78. The van der Waals surface area contributed by atoms with Crippen molar-refractivity contribution in [2.24, 2.45) is 21.7 Å². The summed E-state index contributed by atoms with van der Waals surface area (Å²) in [7, 11) is 0. The van der Waals surface area contributed by atoms with Crippen molar-refractivity contribution in [1.29, 1.82) is 0 Å². The Hall–Kier alpha value is -3.14. The smallest absolute Gasteiger partial charge is 0.185 e. The van der Waals surface area contributed by atoms with Crippen molar-refractivity contribution in [1.82, 2.24) is 0 Å². The maximum Gasteiger partial charge on any atom is 0.185 e. The highest BCUT2D eigenvalue weighted by atomic mass is 16.1. The minimum absolute atomic E-state index is 0.123. The predicted molar refractivity (Wildman–Crippen MR) is 167 cm³/mol. The van der Waals surface area contributed by atoms with Crippen LogP contribution in [0.5, 0.6) is 0 Å². The molecule has 5 aliphatic rings. The molecule has 6 rings (SSSR count). The summed E-state index contributed by atoms with van der Waals surface area (Å²) in [5.41, 5.74) is 3.74. The molecule has 0 atom stereocenters. The maximum absolute atomic E-state index is 14.0. The number of rotatable bonds is 1. The highest BCUT2D eigenvalue weighted by Gasteiger charge is 2.69. The second-order valence-electron chi connectivity index (χ2n) is 16.1. The molecule has 0 saturated carbocycles. The van der Waals surface area contributed by atoms with Crippen LogP contribution in [0.2, 0.25) is 0 Å². The van der Waals surface area contributed by atoms with Crippen molar-refractivity contribution in [3.63, 3.8) is 0 Å². The van der Waals surface area contributed by atoms with Gasteiger partial charge in [-0.1, -0.05) is 95.7 Å². The standard InChI is InChI=1S/C36H46N2O2/c1-14-22-15-23-17-24(16-22)38-35(18-25(31(2,3)4)29(39)26(19-35)32(5,6)7)37(23)36(38)20-27(33(8,9)10)30(40)28(21-36)34(11,12)13/h14-21H,1H2,2-13H3. The Labute approximate surface area is 241 Å². The lowest BCUT2D eigenvalue weighted by Crippen LogP contribution is -2.88. The number of Topliss-reactive ketones (excluding diaryl/α,β-unsaturated/α-hetero) is 2. The van der Waals surface area contributed by atoms with E-state index >= 15 is 0 Å². The first-order valence-electron chi connectivity index (χ1n) is 14.5. The lowest BCUT2D eigenvalue weighted by Gasteiger charge is -2.75. The van der Waals surface area contributed by atoms with Crippen LogP contribution in [0.4, 0.5) is 11.4 Å². The molecule has 4 nitrogen and oxygen atoms in total. The largest absolute Gasteiger partial charge is 0.311 e. The molecule has 2 aliphatic carbocycles. The van der Waals surface area contributed by atoms with Crippen LogP contribution < -0.4 is 9.80 Å². The summed E-state index contributed by atoms with van der Waals surface area (Å²) in [6, 6.07) is 6.56. The summed E-state index contributed by atoms with van der Waals surface area (Å²) in [6.07, 6.45) is 10.6. The SMILES string of the molecule is C=Cc1cc2cc(c1)N1C3(C=C(C(C)(C)C)C(=O)C(C(C)(C)C)=C3)N2C12C=C(C(C)(C)C)C(=O)C(C(C)(C)C)=C2. The molecule has 40 heavy (non-hydrogen) atoms. The fraction of sp³-hybridized carbons (Fsp3) is 0.500. The van der Waals surface area contributed by atoms with Crippen LogP contribution in [0.3, 0.4) is 0 Å². The molecular formula is C36H46N2O2. The van der Waals surface area contributed by atoms with Crippen molar-refractivity contribution in [2.75, 3.05) is 9.80 Å². The Morgan fingerprint density at radius 2 is 0.825 bits per heavy atom. The van der Waals surface area contributed by atoms with Gasteiger partial charge in [0.15, 0.2) is 22.9 Å². The van der Waals surface area contributed by atoms with E-state index in [2.05, 4.69) is 142 Å². The molecule has 1 saturated heterocycles. The van der Waals surface area contributed by atoms with Crippen LogP contribution in [0.1, 0.15) is 88.6 Å². The average molecular weight is 539 g/mol. The topological polar surface area (TPSA) is 40.6 Å². The second-order valence-corrected chi connectivity index (χ2v) is 16.1. The van der Waals surface area contributed by atoms with Crippen LogP contribution in [0.15, 0.2) is 71.4 Å². The fourth-order valence-corrected chi connectivity index (χ4v) is 6.78. The van der Waals surface area contributed by atoms with E-state index in [9.17, 15) is 9.59 Å². The molecule has 4 heteroatoms. The molecule has 4 bridgehead atoms. The third-order valence-electron chi connectivity index (χ3n) is 8.75. The zero-order chi connectivity index (χ0) is 30.0. The van der Waals surface area contributed by atoms with Crippen molar-refractivity contribution in [3.05, 3.63) is 76.9 Å². The molecule has 0 aromatic heterocycles. The molecule has 1 aromatic rings. The molecule has 2 spiro atoms. The van der Waals surface area contributed by atoms with E-state index in [1.807, 2.05) is 6.08 Å². The molecule has 0 radical (unpaired) electrons. The molecule has 3 aliphatic heterocycles. The van der Waals surface area contributed by atoms with Gasteiger partial charge in [-0.25, -0.2) is 0 Å². The van der Waals surface area contributed by atoms with Gasteiger partial charge in [0.25, 0.3) is 0 Å². The molecule has 3 heterocycles. The lowest BCUT2D eigenvalue weighted by molar-refractivity contribution is -0.114. The molecule has 0 unspecified atom stereocenters. The number of nitrogens with zero attached hydrogens (tertiary/aromatic N) is 2. The van der Waals surface area contributed by atoms with Crippen molar-refractivity contribution >= 4 is 29.0 Å². The van der Waals surface area contributed by atoms with Crippen LogP contribution >= 0.6 is 0 Å². The first kappa shape index (κ1) is 28.4. The number of carbonyl (C=O) groups is 2. The zero-order valence-electron chi connectivity index (χ0n) is 26.5. The van der Waals surface area contributed by atoms with Gasteiger partial charge in [-0.15, -0.1) is 0 Å². The zero-order valence-corrected chi connectivity index (χ0v) is 26.5. The number of benzene rings is 1. The summed E-state index contributed by atoms with van der Waals surface area (Å²) in [4.78, 5) is 32.8. The summed E-state index contributed by atoms with van der Waals surface area (Å²) in [5.74, 6) is 0.247. The second kappa shape index (κ2) is 7.99. The van der Waals surface area contributed by atoms with Crippen molar-refractivity contribution < 1.29 is 9.59 Å². The predicted octanol–water partition coefficient (Wildman–Crippen LogP) is 8.42. The number of ketones is 2. The van der Waals surface area contributed by atoms with Gasteiger partial charge in [0.2, 0.25) is 0 Å². The van der Waals surface area contributed by atoms with Gasteiger partial charge in [-0.2, -0.15) is 0 Å². The van der Waals surface area contributed by atoms with Gasteiger partial charge in [0.05, 0.1) is 0 Å². The Bertz CT molecular complexity index is 1300. The Morgan fingerprint density at radius 3 is 1.05 bits per heavy atom.